The third-order valence-electron chi connectivity index (χ3n) is 0.882. The quantitative estimate of drug-likeness (QED) is 0.678. The summed E-state index contributed by atoms with van der Waals surface area (Å²) in [6.07, 6.45) is 0. The first-order chi connectivity index (χ1) is 5.07. The van der Waals surface area contributed by atoms with Crippen LogP contribution in [-0.2, 0) is 0 Å². The van der Waals surface area contributed by atoms with Gasteiger partial charge in [-0.3, -0.25) is 0 Å². The summed E-state index contributed by atoms with van der Waals surface area (Å²) in [5.74, 6) is 0. The largest absolute Gasteiger partial charge is 0.275 e. The van der Waals surface area contributed by atoms with Crippen LogP contribution in [0.4, 0.5) is 8.78 Å². The second-order valence-corrected chi connectivity index (χ2v) is 5.41. The number of hydrogen-bond donors (Lipinski definition) is 0. The molecule has 0 aromatic heterocycles. The van der Waals surface area contributed by atoms with E-state index < -0.39 is 19.9 Å². The Morgan fingerprint density at radius 1 is 0.750 bits per heavy atom. The van der Waals surface area contributed by atoms with Crippen LogP contribution in [0.3, 0.4) is 0 Å². The molecule has 0 saturated carbocycles. The molecule has 8 heteroatoms. The molecule has 0 rings (SSSR count). The molecule has 0 bridgehead atoms. The summed E-state index contributed by atoms with van der Waals surface area (Å²) in [5.41, 5.74) is 0. The zero-order valence-electron chi connectivity index (χ0n) is 5.18. The highest BCUT2D eigenvalue weighted by Gasteiger charge is 2.48. The van der Waals surface area contributed by atoms with E-state index in [0.717, 1.165) is 0 Å². The minimum absolute atomic E-state index is 1.76. The van der Waals surface area contributed by atoms with Gasteiger partial charge >= 0.3 is 0 Å². The molecular formula is C4H2Cl6F2. The van der Waals surface area contributed by atoms with Crippen LogP contribution in [0.25, 0.3) is 0 Å². The van der Waals surface area contributed by atoms with Crippen molar-refractivity contribution in [3.8, 4) is 0 Å². The van der Waals surface area contributed by atoms with Crippen molar-refractivity contribution in [2.24, 2.45) is 0 Å². The minimum Gasteiger partial charge on any atom is -0.206 e. The summed E-state index contributed by atoms with van der Waals surface area (Å²) < 4.78 is 19.4. The summed E-state index contributed by atoms with van der Waals surface area (Å²) >= 11 is 30.0. The zero-order chi connectivity index (χ0) is 10.2. The lowest BCUT2D eigenvalue weighted by atomic mass is 10.3. The first-order valence-corrected chi connectivity index (χ1v) is 4.87. The molecule has 0 amide bonds. The summed E-state index contributed by atoms with van der Waals surface area (Å²) in [4.78, 5) is 0. The zero-order valence-corrected chi connectivity index (χ0v) is 9.71. The summed E-state index contributed by atoms with van der Waals surface area (Å²) in [7, 11) is 0. The van der Waals surface area contributed by atoms with Crippen molar-refractivity contribution in [3.63, 3.8) is 0 Å². The van der Waals surface area contributed by atoms with Gasteiger partial charge in [-0.05, 0) is 0 Å². The van der Waals surface area contributed by atoms with Gasteiger partial charge < -0.3 is 0 Å². The standard InChI is InChI=1S/C4H2Cl6F2/c5-1(3(7,8)11)2(6)4(9,10)12/h1-2H. The molecule has 12 heavy (non-hydrogen) atoms. The van der Waals surface area contributed by atoms with E-state index in [0.29, 0.717) is 0 Å². The van der Waals surface area contributed by atoms with Gasteiger partial charge in [0.1, 0.15) is 10.8 Å². The molecule has 0 aliphatic carbocycles. The molecule has 2 atom stereocenters. The summed E-state index contributed by atoms with van der Waals surface area (Å²) in [6, 6.07) is 0. The predicted molar refractivity (Wildman–Crippen MR) is 50.4 cm³/mol. The van der Waals surface area contributed by atoms with Crippen molar-refractivity contribution in [2.75, 3.05) is 0 Å². The Kier molecular flexibility index (Phi) is 5.00. The van der Waals surface area contributed by atoms with Crippen molar-refractivity contribution >= 4 is 69.6 Å². The Labute approximate surface area is 98.0 Å². The Hall–Kier alpha value is 1.60. The van der Waals surface area contributed by atoms with Crippen molar-refractivity contribution in [2.45, 2.75) is 19.9 Å². The van der Waals surface area contributed by atoms with Crippen LogP contribution in [-0.4, -0.2) is 19.9 Å². The number of rotatable bonds is 3. The van der Waals surface area contributed by atoms with Gasteiger partial charge in [0.25, 0.3) is 9.17 Å². The Balaban J connectivity index is 4.41. The predicted octanol–water partition coefficient (Wildman–Crippen LogP) is 4.40. The fraction of sp³-hybridized carbons (Fsp3) is 1.00. The van der Waals surface area contributed by atoms with Gasteiger partial charge in [0, 0.05) is 0 Å². The minimum atomic E-state index is -2.89. The molecule has 0 aromatic rings. The maximum atomic E-state index is 12.6. The second-order valence-electron chi connectivity index (χ2n) is 1.89. The van der Waals surface area contributed by atoms with E-state index in [1.54, 1.807) is 0 Å². The second kappa shape index (κ2) is 4.41. The maximum absolute atomic E-state index is 12.6. The molecule has 0 radical (unpaired) electrons. The van der Waals surface area contributed by atoms with Crippen LogP contribution < -0.4 is 0 Å². The van der Waals surface area contributed by atoms with Crippen molar-refractivity contribution in [3.05, 3.63) is 0 Å². The number of halogens is 8. The van der Waals surface area contributed by atoms with Gasteiger partial charge in [-0.1, -0.05) is 46.4 Å². The van der Waals surface area contributed by atoms with Crippen LogP contribution in [0.1, 0.15) is 0 Å². The van der Waals surface area contributed by atoms with Gasteiger partial charge in [0.2, 0.25) is 0 Å². The lowest BCUT2D eigenvalue weighted by molar-refractivity contribution is 0.311. The number of alkyl halides is 8. The van der Waals surface area contributed by atoms with Crippen LogP contribution >= 0.6 is 69.6 Å². The maximum Gasteiger partial charge on any atom is 0.275 e. The molecule has 2 unspecified atom stereocenters. The normalized spacial score (nSPS) is 19.0. The van der Waals surface area contributed by atoms with Gasteiger partial charge in [-0.25, -0.2) is 8.78 Å². The van der Waals surface area contributed by atoms with Crippen molar-refractivity contribution in [1.82, 2.24) is 0 Å². The van der Waals surface area contributed by atoms with Crippen molar-refractivity contribution < 1.29 is 8.78 Å². The van der Waals surface area contributed by atoms with Crippen molar-refractivity contribution in [1.29, 1.82) is 0 Å². The Morgan fingerprint density at radius 3 is 1.00 bits per heavy atom. The van der Waals surface area contributed by atoms with Crippen LogP contribution in [0.5, 0.6) is 0 Å². The monoisotopic (exact) mass is 298 g/mol. The molecule has 0 spiro atoms. The van der Waals surface area contributed by atoms with Gasteiger partial charge in [0.05, 0.1) is 0 Å². The molecular weight excluding hydrogens is 299 g/mol. The first-order valence-electron chi connectivity index (χ1n) is 2.48. The molecule has 0 aromatic carbocycles. The van der Waals surface area contributed by atoms with Crippen LogP contribution in [0.2, 0.25) is 0 Å². The van der Waals surface area contributed by atoms with E-state index in [2.05, 4.69) is 0 Å². The molecule has 0 nitrogen and oxygen atoms in total. The third kappa shape index (κ3) is 4.21. The van der Waals surface area contributed by atoms with E-state index >= 15 is 0 Å². The molecule has 0 aliphatic rings. The van der Waals surface area contributed by atoms with E-state index in [1.807, 2.05) is 0 Å². The highest BCUT2D eigenvalue weighted by Crippen LogP contribution is 2.42. The topological polar surface area (TPSA) is 0 Å². The lowest BCUT2D eigenvalue weighted by Crippen LogP contribution is -2.38. The van der Waals surface area contributed by atoms with E-state index in [4.69, 9.17) is 69.6 Å². The molecule has 0 fully saturated rings. The summed E-state index contributed by atoms with van der Waals surface area (Å²) in [5, 5.41) is -3.52. The first kappa shape index (κ1) is 13.6. The third-order valence-corrected chi connectivity index (χ3v) is 3.50. The Bertz CT molecular complexity index is 131. The average molecular weight is 301 g/mol. The Morgan fingerprint density at radius 2 is 0.917 bits per heavy atom. The molecule has 0 N–H and O–H groups in total. The smallest absolute Gasteiger partial charge is 0.206 e. The molecule has 0 aliphatic heterocycles. The highest BCUT2D eigenvalue weighted by atomic mass is 35.5. The van der Waals surface area contributed by atoms with Crippen LogP contribution in [0.15, 0.2) is 0 Å². The van der Waals surface area contributed by atoms with E-state index in [-0.39, 0.29) is 0 Å². The van der Waals surface area contributed by atoms with Crippen LogP contribution in [0, 0.1) is 0 Å². The highest BCUT2D eigenvalue weighted by molar-refractivity contribution is 6.55. The lowest BCUT2D eigenvalue weighted by Gasteiger charge is -2.25. The number of hydrogen-bond acceptors (Lipinski definition) is 0. The van der Waals surface area contributed by atoms with E-state index in [9.17, 15) is 8.78 Å². The van der Waals surface area contributed by atoms with Gasteiger partial charge in [-0.2, -0.15) is 0 Å². The molecule has 0 saturated heterocycles. The SMILES string of the molecule is FC(Cl)(Cl)C(Cl)C(Cl)C(F)(Cl)Cl. The van der Waals surface area contributed by atoms with Gasteiger partial charge in [0.15, 0.2) is 0 Å². The molecule has 0 heterocycles. The van der Waals surface area contributed by atoms with E-state index in [1.165, 1.54) is 0 Å². The molecule has 74 valence electrons. The van der Waals surface area contributed by atoms with Gasteiger partial charge in [-0.15, -0.1) is 23.2 Å². The fourth-order valence-electron chi connectivity index (χ4n) is 0.332. The fourth-order valence-corrected chi connectivity index (χ4v) is 1.44. The average Bonchev–Trinajstić information content (AvgIpc) is 1.80. The summed E-state index contributed by atoms with van der Waals surface area (Å²) in [6.45, 7) is 0.